The molecule has 0 aromatic carbocycles. The molecular formula is C19H34N2O4. The van der Waals surface area contributed by atoms with Crippen molar-refractivity contribution in [2.75, 3.05) is 6.54 Å². The fraction of sp³-hybridized carbons (Fsp3) is 0.737. The van der Waals surface area contributed by atoms with Gasteiger partial charge < -0.3 is 15.7 Å². The predicted octanol–water partition coefficient (Wildman–Crippen LogP) is 3.02. The van der Waals surface area contributed by atoms with Crippen LogP contribution in [0.2, 0.25) is 0 Å². The van der Waals surface area contributed by atoms with E-state index in [4.69, 9.17) is 5.11 Å². The first-order chi connectivity index (χ1) is 11.9. The van der Waals surface area contributed by atoms with Gasteiger partial charge in [-0.25, -0.2) is 0 Å². The summed E-state index contributed by atoms with van der Waals surface area (Å²) in [5, 5.41) is 13.7. The summed E-state index contributed by atoms with van der Waals surface area (Å²) < 4.78 is 0. The second-order valence-electron chi connectivity index (χ2n) is 6.81. The van der Waals surface area contributed by atoms with Gasteiger partial charge in [-0.15, -0.1) is 6.58 Å². The largest absolute Gasteiger partial charge is 0.480 e. The number of carbonyl (C=O) groups is 3. The van der Waals surface area contributed by atoms with E-state index >= 15 is 0 Å². The minimum absolute atomic E-state index is 0.150. The van der Waals surface area contributed by atoms with E-state index in [1.165, 1.54) is 19.3 Å². The lowest BCUT2D eigenvalue weighted by Gasteiger charge is -2.19. The molecule has 0 saturated heterocycles. The van der Waals surface area contributed by atoms with E-state index in [1.54, 1.807) is 0 Å². The van der Waals surface area contributed by atoms with Crippen LogP contribution >= 0.6 is 0 Å². The van der Waals surface area contributed by atoms with Crippen molar-refractivity contribution >= 4 is 17.8 Å². The summed E-state index contributed by atoms with van der Waals surface area (Å²) in [7, 11) is 0. The third-order valence-corrected chi connectivity index (χ3v) is 3.83. The Morgan fingerprint density at radius 3 is 2.20 bits per heavy atom. The maximum Gasteiger partial charge on any atom is 0.322 e. The second-order valence-corrected chi connectivity index (χ2v) is 6.81. The highest BCUT2D eigenvalue weighted by molar-refractivity contribution is 5.89. The Morgan fingerprint density at radius 1 is 1.04 bits per heavy atom. The van der Waals surface area contributed by atoms with Crippen molar-refractivity contribution in [3.05, 3.63) is 12.7 Å². The lowest BCUT2D eigenvalue weighted by Crippen LogP contribution is -2.48. The van der Waals surface area contributed by atoms with Gasteiger partial charge in [0.05, 0.1) is 0 Å². The number of rotatable bonds is 15. The molecule has 0 bridgehead atoms. The Labute approximate surface area is 151 Å². The third-order valence-electron chi connectivity index (χ3n) is 3.83. The van der Waals surface area contributed by atoms with E-state index < -0.39 is 24.5 Å². The van der Waals surface area contributed by atoms with Crippen molar-refractivity contribution in [1.29, 1.82) is 0 Å². The molecule has 1 atom stereocenters. The van der Waals surface area contributed by atoms with Gasteiger partial charge in [0.25, 0.3) is 0 Å². The zero-order chi connectivity index (χ0) is 19.1. The lowest BCUT2D eigenvalue weighted by atomic mass is 10.0. The Kier molecular flexibility index (Phi) is 13.4. The van der Waals surface area contributed by atoms with Crippen molar-refractivity contribution in [2.24, 2.45) is 5.92 Å². The average molecular weight is 354 g/mol. The molecule has 2 amide bonds. The summed E-state index contributed by atoms with van der Waals surface area (Å²) in [6.45, 7) is 7.17. The maximum absolute atomic E-state index is 12.0. The molecule has 0 unspecified atom stereocenters. The molecule has 6 nitrogen and oxygen atoms in total. The smallest absolute Gasteiger partial charge is 0.322 e. The number of carboxylic acid groups (broad SMARTS) is 1. The molecule has 0 aromatic rings. The Bertz CT molecular complexity index is 422. The standard InChI is InChI=1S/C19H34N2O4/c1-4-5-6-7-8-9-10-11-12-17(22)21-16(13-15(2)3)19(25)20-14-18(23)24/h4,15-16H,1,5-14H2,2-3H3,(H,20,25)(H,21,22)(H,23,24)/t16-/m0/s1. The molecule has 0 aliphatic heterocycles. The van der Waals surface area contributed by atoms with Gasteiger partial charge in [0.1, 0.15) is 12.6 Å². The molecule has 25 heavy (non-hydrogen) atoms. The van der Waals surface area contributed by atoms with E-state index in [0.717, 1.165) is 25.7 Å². The van der Waals surface area contributed by atoms with Crippen LogP contribution in [0.4, 0.5) is 0 Å². The number of aliphatic carboxylic acids is 1. The minimum Gasteiger partial charge on any atom is -0.480 e. The monoisotopic (exact) mass is 354 g/mol. The van der Waals surface area contributed by atoms with Gasteiger partial charge in [0.2, 0.25) is 11.8 Å². The first-order valence-corrected chi connectivity index (χ1v) is 9.26. The fourth-order valence-corrected chi connectivity index (χ4v) is 2.54. The van der Waals surface area contributed by atoms with Gasteiger partial charge in [0, 0.05) is 6.42 Å². The van der Waals surface area contributed by atoms with Gasteiger partial charge in [-0.3, -0.25) is 14.4 Å². The summed E-state index contributed by atoms with van der Waals surface area (Å²) in [6, 6.07) is -0.675. The van der Waals surface area contributed by atoms with Crippen LogP contribution in [0.25, 0.3) is 0 Å². The Morgan fingerprint density at radius 2 is 1.64 bits per heavy atom. The summed E-state index contributed by atoms with van der Waals surface area (Å²) in [6.07, 6.45) is 10.3. The molecule has 6 heteroatoms. The van der Waals surface area contributed by atoms with E-state index in [0.29, 0.717) is 12.8 Å². The minimum atomic E-state index is -1.10. The number of nitrogens with one attached hydrogen (secondary N) is 2. The zero-order valence-electron chi connectivity index (χ0n) is 15.7. The van der Waals surface area contributed by atoms with E-state index in [1.807, 2.05) is 19.9 Å². The van der Waals surface area contributed by atoms with Crippen LogP contribution in [0.5, 0.6) is 0 Å². The number of allylic oxidation sites excluding steroid dienone is 1. The van der Waals surface area contributed by atoms with E-state index in [9.17, 15) is 14.4 Å². The topological polar surface area (TPSA) is 95.5 Å². The molecule has 0 rings (SSSR count). The highest BCUT2D eigenvalue weighted by Crippen LogP contribution is 2.10. The third kappa shape index (κ3) is 14.2. The first kappa shape index (κ1) is 23.1. The van der Waals surface area contributed by atoms with Gasteiger partial charge in [-0.2, -0.15) is 0 Å². The number of unbranched alkanes of at least 4 members (excludes halogenated alkanes) is 6. The van der Waals surface area contributed by atoms with Gasteiger partial charge in [0.15, 0.2) is 0 Å². The van der Waals surface area contributed by atoms with Crippen LogP contribution in [0.1, 0.15) is 71.6 Å². The van der Waals surface area contributed by atoms with Gasteiger partial charge in [-0.05, 0) is 31.6 Å². The van der Waals surface area contributed by atoms with Crippen LogP contribution in [0.15, 0.2) is 12.7 Å². The highest BCUT2D eigenvalue weighted by Gasteiger charge is 2.21. The maximum atomic E-state index is 12.0. The molecule has 0 aromatic heterocycles. The predicted molar refractivity (Wildman–Crippen MR) is 99.2 cm³/mol. The van der Waals surface area contributed by atoms with E-state index in [2.05, 4.69) is 17.2 Å². The summed E-state index contributed by atoms with van der Waals surface area (Å²) in [4.78, 5) is 34.6. The molecule has 0 aliphatic rings. The molecule has 0 spiro atoms. The molecular weight excluding hydrogens is 320 g/mol. The van der Waals surface area contributed by atoms with E-state index in [-0.39, 0.29) is 11.8 Å². The fourth-order valence-electron chi connectivity index (χ4n) is 2.54. The quantitative estimate of drug-likeness (QED) is 0.311. The molecule has 144 valence electrons. The molecule has 0 heterocycles. The summed E-state index contributed by atoms with van der Waals surface area (Å²) in [5.74, 6) is -1.47. The van der Waals surface area contributed by atoms with Gasteiger partial charge >= 0.3 is 5.97 Å². The average Bonchev–Trinajstić information content (AvgIpc) is 2.54. The van der Waals surface area contributed by atoms with Crippen LogP contribution in [-0.2, 0) is 14.4 Å². The first-order valence-electron chi connectivity index (χ1n) is 9.26. The number of carboxylic acids is 1. The van der Waals surface area contributed by atoms with Gasteiger partial charge in [-0.1, -0.05) is 45.6 Å². The molecule has 0 saturated carbocycles. The number of hydrogen-bond acceptors (Lipinski definition) is 3. The van der Waals surface area contributed by atoms with Crippen molar-refractivity contribution in [3.63, 3.8) is 0 Å². The lowest BCUT2D eigenvalue weighted by molar-refractivity contribution is -0.138. The summed E-state index contributed by atoms with van der Waals surface area (Å²) >= 11 is 0. The van der Waals surface area contributed by atoms with Crippen molar-refractivity contribution < 1.29 is 19.5 Å². The Hall–Kier alpha value is -1.85. The van der Waals surface area contributed by atoms with Crippen LogP contribution in [0.3, 0.4) is 0 Å². The van der Waals surface area contributed by atoms with Crippen LogP contribution in [0, 0.1) is 5.92 Å². The number of carbonyl (C=O) groups excluding carboxylic acids is 2. The molecule has 0 aliphatic carbocycles. The van der Waals surface area contributed by atoms with Crippen molar-refractivity contribution in [2.45, 2.75) is 77.7 Å². The van der Waals surface area contributed by atoms with Crippen molar-refractivity contribution in [3.8, 4) is 0 Å². The molecule has 3 N–H and O–H groups in total. The van der Waals surface area contributed by atoms with Crippen molar-refractivity contribution in [1.82, 2.24) is 10.6 Å². The molecule has 0 radical (unpaired) electrons. The summed E-state index contributed by atoms with van der Waals surface area (Å²) in [5.41, 5.74) is 0. The Balaban J connectivity index is 4.06. The molecule has 0 fully saturated rings. The SMILES string of the molecule is C=CCCCCCCCCC(=O)N[C@@H](CC(C)C)C(=O)NCC(=O)O. The highest BCUT2D eigenvalue weighted by atomic mass is 16.4. The van der Waals surface area contributed by atoms with Crippen LogP contribution in [-0.4, -0.2) is 35.5 Å². The second kappa shape index (κ2) is 14.5. The normalized spacial score (nSPS) is 11.8. The number of amides is 2. The van der Waals surface area contributed by atoms with Crippen LogP contribution < -0.4 is 10.6 Å². The zero-order valence-corrected chi connectivity index (χ0v) is 15.7. The number of hydrogen-bond donors (Lipinski definition) is 3.